The molecule has 0 heterocycles. The lowest BCUT2D eigenvalue weighted by Gasteiger charge is -2.28. The number of benzene rings is 2. The zero-order valence-corrected chi connectivity index (χ0v) is 16.2. The van der Waals surface area contributed by atoms with Gasteiger partial charge in [0.25, 0.3) is 0 Å². The molecule has 0 radical (unpaired) electrons. The molecule has 4 heteroatoms. The number of nitrogens with zero attached hydrogens (tertiary/aromatic N) is 1. The van der Waals surface area contributed by atoms with Crippen LogP contribution in [0.5, 0.6) is 0 Å². The van der Waals surface area contributed by atoms with Gasteiger partial charge < -0.3 is 9.64 Å². The first-order valence-corrected chi connectivity index (χ1v) is 9.67. The van der Waals surface area contributed by atoms with E-state index in [1.807, 2.05) is 0 Å². The third-order valence-corrected chi connectivity index (χ3v) is 5.18. The lowest BCUT2D eigenvalue weighted by atomic mass is 9.82. The molecule has 0 aliphatic heterocycles. The minimum absolute atomic E-state index is 0.00205. The Labute approximate surface area is 161 Å². The molecule has 0 saturated heterocycles. The molecule has 1 fully saturated rings. The summed E-state index contributed by atoms with van der Waals surface area (Å²) >= 11 is 0. The lowest BCUT2D eigenvalue weighted by Crippen LogP contribution is -2.24. The molecule has 0 atom stereocenters. The molecule has 0 spiro atoms. The van der Waals surface area contributed by atoms with Gasteiger partial charge in [-0.3, -0.25) is 4.79 Å². The van der Waals surface area contributed by atoms with Crippen molar-refractivity contribution in [2.24, 2.45) is 0 Å². The number of carbonyl (C=O) groups is 1. The molecule has 0 bridgehead atoms. The summed E-state index contributed by atoms with van der Waals surface area (Å²) in [6, 6.07) is 14.9. The van der Waals surface area contributed by atoms with E-state index >= 15 is 0 Å². The van der Waals surface area contributed by atoms with Gasteiger partial charge in [-0.1, -0.05) is 36.4 Å². The monoisotopic (exact) mass is 369 g/mol. The zero-order chi connectivity index (χ0) is 19.2. The predicted molar refractivity (Wildman–Crippen MR) is 105 cm³/mol. The number of hydrogen-bond donors (Lipinski definition) is 0. The fourth-order valence-corrected chi connectivity index (χ4v) is 3.77. The number of carbonyl (C=O) groups excluding carboxylic acids is 1. The summed E-state index contributed by atoms with van der Waals surface area (Å²) in [5.74, 6) is 0.0312. The molecule has 27 heavy (non-hydrogen) atoms. The number of hydrogen-bond acceptors (Lipinski definition) is 3. The molecule has 3 rings (SSSR count). The summed E-state index contributed by atoms with van der Waals surface area (Å²) in [6.45, 7) is 0.955. The molecule has 2 aromatic rings. The molecule has 1 saturated carbocycles. The normalized spacial score (nSPS) is 19.9. The van der Waals surface area contributed by atoms with Crippen LogP contribution in [0.3, 0.4) is 0 Å². The largest absolute Gasteiger partial charge is 0.462 e. The summed E-state index contributed by atoms with van der Waals surface area (Å²) < 4.78 is 18.6. The quantitative estimate of drug-likeness (QED) is 0.691. The van der Waals surface area contributed by atoms with Crippen molar-refractivity contribution in [3.05, 3.63) is 71.0 Å². The molecule has 1 aliphatic carbocycles. The Morgan fingerprint density at radius 3 is 2.15 bits per heavy atom. The highest BCUT2D eigenvalue weighted by Gasteiger charge is 2.25. The second-order valence-electron chi connectivity index (χ2n) is 7.75. The highest BCUT2D eigenvalue weighted by atomic mass is 19.1. The summed E-state index contributed by atoms with van der Waals surface area (Å²) in [5, 5.41) is 0. The van der Waals surface area contributed by atoms with Crippen LogP contribution < -0.4 is 0 Å². The summed E-state index contributed by atoms with van der Waals surface area (Å²) in [6.07, 6.45) is 4.09. The molecule has 0 amide bonds. The van der Waals surface area contributed by atoms with Gasteiger partial charge in [0, 0.05) is 6.54 Å². The van der Waals surface area contributed by atoms with Gasteiger partial charge >= 0.3 is 5.97 Å². The van der Waals surface area contributed by atoms with Crippen molar-refractivity contribution in [3.63, 3.8) is 0 Å². The van der Waals surface area contributed by atoms with Crippen molar-refractivity contribution < 1.29 is 13.9 Å². The molecule has 1 aliphatic rings. The van der Waals surface area contributed by atoms with Crippen LogP contribution in [0.15, 0.2) is 48.5 Å². The van der Waals surface area contributed by atoms with Crippen LogP contribution in [0.2, 0.25) is 0 Å². The van der Waals surface area contributed by atoms with Crippen molar-refractivity contribution in [2.75, 3.05) is 14.1 Å². The maximum Gasteiger partial charge on any atom is 0.310 e. The van der Waals surface area contributed by atoms with E-state index in [1.165, 1.54) is 23.3 Å². The highest BCUT2D eigenvalue weighted by Crippen LogP contribution is 2.34. The Bertz CT molecular complexity index is 732. The molecule has 2 aromatic carbocycles. The first kappa shape index (κ1) is 19.6. The van der Waals surface area contributed by atoms with Crippen LogP contribution in [0.4, 0.5) is 4.39 Å². The maximum atomic E-state index is 12.9. The summed E-state index contributed by atoms with van der Waals surface area (Å²) in [7, 11) is 4.15. The Balaban J connectivity index is 1.45. The van der Waals surface area contributed by atoms with E-state index in [-0.39, 0.29) is 24.3 Å². The molecule has 144 valence electrons. The molecule has 0 unspecified atom stereocenters. The van der Waals surface area contributed by atoms with Crippen LogP contribution in [0.1, 0.15) is 48.3 Å². The van der Waals surface area contributed by atoms with E-state index in [4.69, 9.17) is 4.74 Å². The molecule has 3 nitrogen and oxygen atoms in total. The van der Waals surface area contributed by atoms with E-state index in [1.54, 1.807) is 12.1 Å². The van der Waals surface area contributed by atoms with Gasteiger partial charge in [0.05, 0.1) is 6.42 Å². The van der Waals surface area contributed by atoms with E-state index in [0.29, 0.717) is 5.92 Å². The van der Waals surface area contributed by atoms with Crippen molar-refractivity contribution in [1.29, 1.82) is 0 Å². The van der Waals surface area contributed by atoms with Crippen molar-refractivity contribution in [1.82, 2.24) is 4.90 Å². The Hall–Kier alpha value is -2.20. The van der Waals surface area contributed by atoms with Crippen LogP contribution in [0.25, 0.3) is 0 Å². The lowest BCUT2D eigenvalue weighted by molar-refractivity contribution is -0.149. The fourth-order valence-electron chi connectivity index (χ4n) is 3.77. The molecular weight excluding hydrogens is 341 g/mol. The van der Waals surface area contributed by atoms with Crippen molar-refractivity contribution in [3.8, 4) is 0 Å². The minimum Gasteiger partial charge on any atom is -0.462 e. The van der Waals surface area contributed by atoms with Crippen LogP contribution in [0, 0.1) is 5.82 Å². The Morgan fingerprint density at radius 2 is 1.56 bits per heavy atom. The number of esters is 1. The number of ether oxygens (including phenoxy) is 1. The zero-order valence-electron chi connectivity index (χ0n) is 16.2. The van der Waals surface area contributed by atoms with Gasteiger partial charge in [0.15, 0.2) is 0 Å². The fraction of sp³-hybridized carbons (Fsp3) is 0.435. The summed E-state index contributed by atoms with van der Waals surface area (Å²) in [4.78, 5) is 14.3. The average Bonchev–Trinajstić information content (AvgIpc) is 2.64. The third-order valence-electron chi connectivity index (χ3n) is 5.18. The minimum atomic E-state index is -0.291. The first-order valence-electron chi connectivity index (χ1n) is 9.67. The predicted octanol–water partition coefficient (Wildman–Crippen LogP) is 4.70. The second-order valence-corrected chi connectivity index (χ2v) is 7.75. The van der Waals surface area contributed by atoms with E-state index in [2.05, 4.69) is 43.3 Å². The summed E-state index contributed by atoms with van der Waals surface area (Å²) in [5.41, 5.74) is 3.49. The number of rotatable bonds is 6. The van der Waals surface area contributed by atoms with Gasteiger partial charge in [-0.15, -0.1) is 0 Å². The van der Waals surface area contributed by atoms with Gasteiger partial charge in [0.2, 0.25) is 0 Å². The van der Waals surface area contributed by atoms with Gasteiger partial charge in [0.1, 0.15) is 11.9 Å². The topological polar surface area (TPSA) is 29.5 Å². The van der Waals surface area contributed by atoms with Crippen LogP contribution in [-0.4, -0.2) is 31.1 Å². The molecule has 0 N–H and O–H groups in total. The van der Waals surface area contributed by atoms with Gasteiger partial charge in [-0.2, -0.15) is 0 Å². The average molecular weight is 369 g/mol. The first-order chi connectivity index (χ1) is 13.0. The second kappa shape index (κ2) is 9.14. The van der Waals surface area contributed by atoms with E-state index in [0.717, 1.165) is 37.8 Å². The Kier molecular flexibility index (Phi) is 6.62. The SMILES string of the molecule is CN(C)Cc1ccc([C@H]2CC[C@H](OC(=O)Cc3ccc(F)cc3)CC2)cc1. The van der Waals surface area contributed by atoms with E-state index in [9.17, 15) is 9.18 Å². The molecular formula is C23H28FNO2. The number of halogens is 1. The smallest absolute Gasteiger partial charge is 0.310 e. The van der Waals surface area contributed by atoms with Crippen LogP contribution in [-0.2, 0) is 22.5 Å². The Morgan fingerprint density at radius 1 is 0.963 bits per heavy atom. The van der Waals surface area contributed by atoms with Crippen molar-refractivity contribution >= 4 is 5.97 Å². The van der Waals surface area contributed by atoms with E-state index < -0.39 is 0 Å². The maximum absolute atomic E-state index is 12.9. The third kappa shape index (κ3) is 5.90. The molecule has 0 aromatic heterocycles. The van der Waals surface area contributed by atoms with Crippen molar-refractivity contribution in [2.45, 2.75) is 50.7 Å². The van der Waals surface area contributed by atoms with Gasteiger partial charge in [-0.05, 0) is 74.5 Å². The van der Waals surface area contributed by atoms with Crippen LogP contribution >= 0.6 is 0 Å². The van der Waals surface area contributed by atoms with Gasteiger partial charge in [-0.25, -0.2) is 4.39 Å². The highest BCUT2D eigenvalue weighted by molar-refractivity contribution is 5.72. The standard InChI is InChI=1S/C23H28FNO2/c1-25(2)16-18-3-7-19(8-4-18)20-9-13-22(14-10-20)27-23(26)15-17-5-11-21(24)12-6-17/h3-8,11-12,20,22H,9-10,13-16H2,1-2H3/t20-,22-.